The Morgan fingerprint density at radius 2 is 1.00 bits per heavy atom. The molecule has 0 aliphatic heterocycles. The van der Waals surface area contributed by atoms with Gasteiger partial charge in [-0.3, -0.25) is 0 Å². The zero-order valence-electron chi connectivity index (χ0n) is 24.0. The van der Waals surface area contributed by atoms with Crippen molar-refractivity contribution in [3.8, 4) is 0 Å². The summed E-state index contributed by atoms with van der Waals surface area (Å²) in [5, 5.41) is 0. The molecule has 0 aliphatic rings. The Morgan fingerprint density at radius 3 is 1.51 bits per heavy atom. The van der Waals surface area contributed by atoms with Crippen LogP contribution in [0.4, 0.5) is 0 Å². The van der Waals surface area contributed by atoms with E-state index in [-0.39, 0.29) is 6.29 Å². The molecule has 0 radical (unpaired) electrons. The summed E-state index contributed by atoms with van der Waals surface area (Å²) in [5.41, 5.74) is 0. The lowest BCUT2D eigenvalue weighted by Gasteiger charge is -2.19. The first kappa shape index (κ1) is 34.4. The van der Waals surface area contributed by atoms with Crippen molar-refractivity contribution >= 4 is 0 Å². The third-order valence-corrected chi connectivity index (χ3v) is 6.54. The van der Waals surface area contributed by atoms with E-state index in [1.807, 2.05) is 0 Å². The van der Waals surface area contributed by atoms with Gasteiger partial charge in [0.15, 0.2) is 13.1 Å². The molecule has 0 rings (SSSR count). The van der Waals surface area contributed by atoms with Crippen LogP contribution in [0.1, 0.15) is 155 Å². The molecular formula is C31H62O4. The van der Waals surface area contributed by atoms with Gasteiger partial charge < -0.3 is 18.9 Å². The van der Waals surface area contributed by atoms with Gasteiger partial charge in [-0.05, 0) is 44.6 Å². The topological polar surface area (TPSA) is 36.9 Å². The Balaban J connectivity index is 3.77. The van der Waals surface area contributed by atoms with Crippen molar-refractivity contribution in [3.63, 3.8) is 0 Å². The van der Waals surface area contributed by atoms with Crippen molar-refractivity contribution in [1.29, 1.82) is 0 Å². The lowest BCUT2D eigenvalue weighted by molar-refractivity contribution is -0.148. The molecule has 4 nitrogen and oxygen atoms in total. The van der Waals surface area contributed by atoms with Gasteiger partial charge in [0.2, 0.25) is 0 Å². The van der Waals surface area contributed by atoms with E-state index >= 15 is 0 Å². The Bertz CT molecular complexity index is 381. The quantitative estimate of drug-likeness (QED) is 0.0560. The number of rotatable bonds is 30. The van der Waals surface area contributed by atoms with Crippen LogP contribution in [-0.4, -0.2) is 33.4 Å². The van der Waals surface area contributed by atoms with Gasteiger partial charge in [0.25, 0.3) is 0 Å². The molecule has 0 amide bonds. The molecule has 0 aromatic rings. The minimum Gasteiger partial charge on any atom is -0.476 e. The molecule has 0 N–H and O–H groups in total. The molecule has 0 saturated carbocycles. The van der Waals surface area contributed by atoms with Gasteiger partial charge in [0.05, 0.1) is 6.26 Å². The SMILES string of the molecule is CCCCCCCCOC(CCCCCCCCCCC=COCOC)OCCCCCCCC. The van der Waals surface area contributed by atoms with Crippen LogP contribution in [0.5, 0.6) is 0 Å². The molecule has 0 aliphatic carbocycles. The first-order chi connectivity index (χ1) is 17.3. The molecule has 0 spiro atoms. The summed E-state index contributed by atoms with van der Waals surface area (Å²) < 4.78 is 22.3. The lowest BCUT2D eigenvalue weighted by atomic mass is 10.1. The first-order valence-corrected chi connectivity index (χ1v) is 15.3. The van der Waals surface area contributed by atoms with E-state index in [1.54, 1.807) is 13.4 Å². The van der Waals surface area contributed by atoms with E-state index in [0.29, 0.717) is 6.79 Å². The molecular weight excluding hydrogens is 436 g/mol. The molecule has 0 unspecified atom stereocenters. The Hall–Kier alpha value is -0.580. The fourth-order valence-electron chi connectivity index (χ4n) is 4.29. The first-order valence-electron chi connectivity index (χ1n) is 15.3. The highest BCUT2D eigenvalue weighted by Crippen LogP contribution is 2.15. The Morgan fingerprint density at radius 1 is 0.543 bits per heavy atom. The van der Waals surface area contributed by atoms with Crippen LogP contribution in [0.15, 0.2) is 12.3 Å². The average Bonchev–Trinajstić information content (AvgIpc) is 2.87. The summed E-state index contributed by atoms with van der Waals surface area (Å²) in [6.45, 7) is 6.61. The monoisotopic (exact) mass is 498 g/mol. The van der Waals surface area contributed by atoms with Crippen LogP contribution in [0.25, 0.3) is 0 Å². The van der Waals surface area contributed by atoms with Crippen molar-refractivity contribution < 1.29 is 18.9 Å². The zero-order chi connectivity index (χ0) is 25.5. The van der Waals surface area contributed by atoms with Crippen LogP contribution in [-0.2, 0) is 18.9 Å². The Kier molecular flexibility index (Phi) is 30.9. The van der Waals surface area contributed by atoms with Crippen molar-refractivity contribution in [1.82, 2.24) is 0 Å². The van der Waals surface area contributed by atoms with Crippen LogP contribution >= 0.6 is 0 Å². The summed E-state index contributed by atoms with van der Waals surface area (Å²) in [6.07, 6.45) is 32.3. The summed E-state index contributed by atoms with van der Waals surface area (Å²) in [4.78, 5) is 0. The number of ether oxygens (including phenoxy) is 4. The van der Waals surface area contributed by atoms with Gasteiger partial charge in [-0.25, -0.2) is 0 Å². The van der Waals surface area contributed by atoms with Gasteiger partial charge in [0, 0.05) is 20.3 Å². The maximum atomic E-state index is 6.16. The van der Waals surface area contributed by atoms with E-state index in [4.69, 9.17) is 18.9 Å². The zero-order valence-corrected chi connectivity index (χ0v) is 24.0. The third kappa shape index (κ3) is 29.5. The molecule has 0 bridgehead atoms. The Labute approximate surface area is 219 Å². The second kappa shape index (κ2) is 31.4. The molecule has 0 aromatic carbocycles. The molecule has 210 valence electrons. The van der Waals surface area contributed by atoms with Crippen molar-refractivity contribution in [2.45, 2.75) is 161 Å². The third-order valence-electron chi connectivity index (χ3n) is 6.54. The molecule has 35 heavy (non-hydrogen) atoms. The van der Waals surface area contributed by atoms with E-state index in [2.05, 4.69) is 19.9 Å². The highest BCUT2D eigenvalue weighted by atomic mass is 16.7. The summed E-state index contributed by atoms with van der Waals surface area (Å²) in [5.74, 6) is 0. The molecule has 4 heteroatoms. The highest BCUT2D eigenvalue weighted by molar-refractivity contribution is 4.72. The molecule has 0 fully saturated rings. The maximum absolute atomic E-state index is 6.16. The number of unbranched alkanes of at least 4 members (excludes halogenated alkanes) is 18. The van der Waals surface area contributed by atoms with Gasteiger partial charge >= 0.3 is 0 Å². The summed E-state index contributed by atoms with van der Waals surface area (Å²) in [7, 11) is 1.64. The predicted octanol–water partition coefficient (Wildman–Crippen LogP) is 10.1. The van der Waals surface area contributed by atoms with Gasteiger partial charge in [-0.1, -0.05) is 117 Å². The predicted molar refractivity (Wildman–Crippen MR) is 151 cm³/mol. The van der Waals surface area contributed by atoms with Crippen LogP contribution < -0.4 is 0 Å². The van der Waals surface area contributed by atoms with Gasteiger partial charge in [-0.15, -0.1) is 0 Å². The molecule has 0 heterocycles. The van der Waals surface area contributed by atoms with E-state index in [1.165, 1.54) is 128 Å². The van der Waals surface area contributed by atoms with E-state index < -0.39 is 0 Å². The maximum Gasteiger partial charge on any atom is 0.187 e. The van der Waals surface area contributed by atoms with E-state index in [0.717, 1.165) is 26.1 Å². The second-order valence-corrected chi connectivity index (χ2v) is 10.1. The smallest absolute Gasteiger partial charge is 0.187 e. The summed E-state index contributed by atoms with van der Waals surface area (Å²) >= 11 is 0. The van der Waals surface area contributed by atoms with Crippen molar-refractivity contribution in [2.75, 3.05) is 27.1 Å². The standard InChI is InChI=1S/C31H62O4/c1-4-6-8-10-20-24-28-34-31(35-29-25-21-11-9-7-5-2)26-22-18-16-14-12-13-15-17-19-23-27-33-30-32-3/h23,27,31H,4-22,24-26,28-30H2,1-3H3. The molecule has 0 aromatic heterocycles. The lowest BCUT2D eigenvalue weighted by Crippen LogP contribution is -2.19. The fraction of sp³-hybridized carbons (Fsp3) is 0.935. The number of allylic oxidation sites excluding steroid dienone is 1. The normalized spacial score (nSPS) is 11.8. The second-order valence-electron chi connectivity index (χ2n) is 10.1. The molecule has 0 atom stereocenters. The van der Waals surface area contributed by atoms with Crippen LogP contribution in [0.3, 0.4) is 0 Å². The number of hydrogen-bond donors (Lipinski definition) is 0. The summed E-state index contributed by atoms with van der Waals surface area (Å²) in [6, 6.07) is 0. The van der Waals surface area contributed by atoms with Crippen molar-refractivity contribution in [3.05, 3.63) is 12.3 Å². The minimum atomic E-state index is 0.0159. The largest absolute Gasteiger partial charge is 0.476 e. The number of hydrogen-bond acceptors (Lipinski definition) is 4. The highest BCUT2D eigenvalue weighted by Gasteiger charge is 2.09. The number of methoxy groups -OCH3 is 1. The molecule has 0 saturated heterocycles. The van der Waals surface area contributed by atoms with Gasteiger partial charge in [-0.2, -0.15) is 0 Å². The van der Waals surface area contributed by atoms with Crippen molar-refractivity contribution in [2.24, 2.45) is 0 Å². The van der Waals surface area contributed by atoms with Crippen LogP contribution in [0.2, 0.25) is 0 Å². The fourth-order valence-corrected chi connectivity index (χ4v) is 4.29. The van der Waals surface area contributed by atoms with Crippen LogP contribution in [0, 0.1) is 0 Å². The average molecular weight is 499 g/mol. The van der Waals surface area contributed by atoms with Gasteiger partial charge in [0.1, 0.15) is 0 Å². The van der Waals surface area contributed by atoms with E-state index in [9.17, 15) is 0 Å². The minimum absolute atomic E-state index is 0.0159.